The van der Waals surface area contributed by atoms with Crippen LogP contribution in [0.1, 0.15) is 71.5 Å². The van der Waals surface area contributed by atoms with Gasteiger partial charge in [0.25, 0.3) is 5.91 Å². The van der Waals surface area contributed by atoms with Crippen molar-refractivity contribution in [2.45, 2.75) is 64.8 Å². The van der Waals surface area contributed by atoms with Gasteiger partial charge >= 0.3 is 0 Å². The minimum absolute atomic E-state index is 0.147. The Morgan fingerprint density at radius 3 is 2.66 bits per heavy atom. The molecule has 0 spiro atoms. The maximum Gasteiger partial charge on any atom is 0.255 e. The van der Waals surface area contributed by atoms with E-state index in [0.29, 0.717) is 11.8 Å². The molecule has 0 saturated carbocycles. The number of aryl methyl sites for hydroxylation is 1. The van der Waals surface area contributed by atoms with E-state index in [-0.39, 0.29) is 5.91 Å². The van der Waals surface area contributed by atoms with Crippen LogP contribution in [0.5, 0.6) is 0 Å². The van der Waals surface area contributed by atoms with Gasteiger partial charge in [-0.25, -0.2) is 0 Å². The van der Waals surface area contributed by atoms with E-state index >= 15 is 0 Å². The van der Waals surface area contributed by atoms with Gasteiger partial charge in [-0.3, -0.25) is 4.79 Å². The molecule has 0 aromatic carbocycles. The SMILES string of the molecule is COCCCn1c(C)cc(C(=O)N2CCC(Cc3nc(C4CCOCC4)no3)CC2)c1C. The predicted octanol–water partition coefficient (Wildman–Crippen LogP) is 3.51. The molecule has 2 fully saturated rings. The fraction of sp³-hybridized carbons (Fsp3) is 0.708. The lowest BCUT2D eigenvalue weighted by atomic mass is 9.93. The Morgan fingerprint density at radius 1 is 1.19 bits per heavy atom. The van der Waals surface area contributed by atoms with Gasteiger partial charge in [0.05, 0.1) is 5.56 Å². The minimum atomic E-state index is 0.147. The lowest BCUT2D eigenvalue weighted by Gasteiger charge is -2.31. The summed E-state index contributed by atoms with van der Waals surface area (Å²) in [6, 6.07) is 2.03. The highest BCUT2D eigenvalue weighted by Gasteiger charge is 2.28. The van der Waals surface area contributed by atoms with E-state index in [1.165, 1.54) is 0 Å². The van der Waals surface area contributed by atoms with E-state index in [0.717, 1.165) is 107 Å². The second kappa shape index (κ2) is 10.6. The summed E-state index contributed by atoms with van der Waals surface area (Å²) in [7, 11) is 1.72. The molecular weight excluding hydrogens is 408 g/mol. The van der Waals surface area contributed by atoms with Gasteiger partial charge in [-0.1, -0.05) is 5.16 Å². The minimum Gasteiger partial charge on any atom is -0.385 e. The third-order valence-corrected chi connectivity index (χ3v) is 6.97. The van der Waals surface area contributed by atoms with E-state index in [4.69, 9.17) is 14.0 Å². The third kappa shape index (κ3) is 5.23. The van der Waals surface area contributed by atoms with Gasteiger partial charge < -0.3 is 23.5 Å². The quantitative estimate of drug-likeness (QED) is 0.580. The molecule has 0 radical (unpaired) electrons. The van der Waals surface area contributed by atoms with Crippen molar-refractivity contribution >= 4 is 5.91 Å². The molecule has 0 atom stereocenters. The number of carbonyl (C=O) groups is 1. The zero-order chi connectivity index (χ0) is 22.5. The van der Waals surface area contributed by atoms with Crippen molar-refractivity contribution in [2.24, 2.45) is 5.92 Å². The molecule has 32 heavy (non-hydrogen) atoms. The van der Waals surface area contributed by atoms with Crippen molar-refractivity contribution in [1.29, 1.82) is 0 Å². The highest BCUT2D eigenvalue weighted by Crippen LogP contribution is 2.27. The van der Waals surface area contributed by atoms with Crippen molar-refractivity contribution in [3.05, 3.63) is 34.7 Å². The topological polar surface area (TPSA) is 82.6 Å². The first-order chi connectivity index (χ1) is 15.6. The Hall–Kier alpha value is -2.19. The molecule has 8 heteroatoms. The first-order valence-electron chi connectivity index (χ1n) is 11.9. The number of aromatic nitrogens is 3. The predicted molar refractivity (Wildman–Crippen MR) is 120 cm³/mol. The second-order valence-electron chi connectivity index (χ2n) is 9.16. The molecule has 176 valence electrons. The summed E-state index contributed by atoms with van der Waals surface area (Å²) in [5, 5.41) is 4.22. The van der Waals surface area contributed by atoms with E-state index in [1.807, 2.05) is 17.9 Å². The van der Waals surface area contributed by atoms with Crippen LogP contribution in [0.3, 0.4) is 0 Å². The largest absolute Gasteiger partial charge is 0.385 e. The van der Waals surface area contributed by atoms with Crippen LogP contribution >= 0.6 is 0 Å². The molecular formula is C24H36N4O4. The smallest absolute Gasteiger partial charge is 0.255 e. The molecule has 2 aliphatic heterocycles. The summed E-state index contributed by atoms with van der Waals surface area (Å²) in [6.07, 6.45) is 5.60. The van der Waals surface area contributed by atoms with Crippen LogP contribution in [0, 0.1) is 19.8 Å². The normalized spacial score (nSPS) is 18.4. The van der Waals surface area contributed by atoms with E-state index in [9.17, 15) is 4.79 Å². The third-order valence-electron chi connectivity index (χ3n) is 6.97. The Kier molecular flexibility index (Phi) is 7.63. The molecule has 2 saturated heterocycles. The molecule has 4 rings (SSSR count). The first-order valence-corrected chi connectivity index (χ1v) is 11.9. The molecule has 4 heterocycles. The van der Waals surface area contributed by atoms with Crippen molar-refractivity contribution in [3.8, 4) is 0 Å². The average molecular weight is 445 g/mol. The lowest BCUT2D eigenvalue weighted by molar-refractivity contribution is 0.0686. The van der Waals surface area contributed by atoms with Crippen LogP contribution in [0.25, 0.3) is 0 Å². The van der Waals surface area contributed by atoms with E-state index in [1.54, 1.807) is 7.11 Å². The second-order valence-corrected chi connectivity index (χ2v) is 9.16. The zero-order valence-corrected chi connectivity index (χ0v) is 19.6. The summed E-state index contributed by atoms with van der Waals surface area (Å²) in [6.45, 7) is 8.82. The van der Waals surface area contributed by atoms with Crippen LogP contribution in [-0.2, 0) is 22.4 Å². The van der Waals surface area contributed by atoms with Crippen molar-refractivity contribution in [1.82, 2.24) is 19.6 Å². The van der Waals surface area contributed by atoms with Crippen LogP contribution in [-0.4, -0.2) is 65.5 Å². The number of hydrogen-bond acceptors (Lipinski definition) is 6. The number of hydrogen-bond donors (Lipinski definition) is 0. The lowest BCUT2D eigenvalue weighted by Crippen LogP contribution is -2.39. The van der Waals surface area contributed by atoms with Crippen LogP contribution in [0.4, 0.5) is 0 Å². The van der Waals surface area contributed by atoms with Gasteiger partial charge in [0.2, 0.25) is 5.89 Å². The molecule has 0 aliphatic carbocycles. The summed E-state index contributed by atoms with van der Waals surface area (Å²) >= 11 is 0. The fourth-order valence-electron chi connectivity index (χ4n) is 4.96. The molecule has 2 aromatic heterocycles. The summed E-state index contributed by atoms with van der Waals surface area (Å²) in [5.41, 5.74) is 3.02. The first kappa shape index (κ1) is 23.0. The molecule has 2 aliphatic rings. The number of piperidine rings is 1. The van der Waals surface area contributed by atoms with Gasteiger partial charge in [0.15, 0.2) is 5.82 Å². The van der Waals surface area contributed by atoms with Gasteiger partial charge in [-0.15, -0.1) is 0 Å². The molecule has 0 unspecified atom stereocenters. The average Bonchev–Trinajstić information content (AvgIpc) is 3.39. The summed E-state index contributed by atoms with van der Waals surface area (Å²) in [4.78, 5) is 19.9. The maximum atomic E-state index is 13.2. The Balaban J connectivity index is 1.30. The van der Waals surface area contributed by atoms with Gasteiger partial charge in [-0.05, 0) is 57.9 Å². The Bertz CT molecular complexity index is 892. The zero-order valence-electron chi connectivity index (χ0n) is 19.6. The maximum absolute atomic E-state index is 13.2. The van der Waals surface area contributed by atoms with Crippen molar-refractivity contribution in [2.75, 3.05) is 40.0 Å². The van der Waals surface area contributed by atoms with E-state index in [2.05, 4.69) is 21.6 Å². The number of nitrogens with zero attached hydrogens (tertiary/aromatic N) is 4. The van der Waals surface area contributed by atoms with Crippen LogP contribution < -0.4 is 0 Å². The molecule has 8 nitrogen and oxygen atoms in total. The van der Waals surface area contributed by atoms with Crippen molar-refractivity contribution in [3.63, 3.8) is 0 Å². The molecule has 1 amide bonds. The molecule has 0 bridgehead atoms. The molecule has 0 N–H and O–H groups in total. The highest BCUT2D eigenvalue weighted by atomic mass is 16.5. The monoisotopic (exact) mass is 444 g/mol. The number of rotatable bonds is 8. The standard InChI is InChI=1S/C24H36N4O4/c1-17-15-21(18(2)28(17)9-4-12-30-3)24(29)27-10-5-19(6-11-27)16-22-25-23(26-32-22)20-7-13-31-14-8-20/h15,19-20H,4-14,16H2,1-3H3. The number of likely N-dealkylation sites (tertiary alicyclic amines) is 1. The molecule has 2 aromatic rings. The summed E-state index contributed by atoms with van der Waals surface area (Å²) in [5.74, 6) is 2.54. The van der Waals surface area contributed by atoms with Crippen molar-refractivity contribution < 1.29 is 18.8 Å². The summed E-state index contributed by atoms with van der Waals surface area (Å²) < 4.78 is 18.4. The Labute approximate surface area is 190 Å². The van der Waals surface area contributed by atoms with Gasteiger partial charge in [0, 0.05) is 70.3 Å². The number of amides is 1. The van der Waals surface area contributed by atoms with Crippen LogP contribution in [0.2, 0.25) is 0 Å². The van der Waals surface area contributed by atoms with Gasteiger partial charge in [0.1, 0.15) is 0 Å². The van der Waals surface area contributed by atoms with Crippen LogP contribution in [0.15, 0.2) is 10.6 Å². The van der Waals surface area contributed by atoms with Gasteiger partial charge in [-0.2, -0.15) is 4.98 Å². The fourth-order valence-corrected chi connectivity index (χ4v) is 4.96. The Morgan fingerprint density at radius 2 is 1.94 bits per heavy atom. The number of methoxy groups -OCH3 is 1. The highest BCUT2D eigenvalue weighted by molar-refractivity contribution is 5.95. The number of ether oxygens (including phenoxy) is 2. The van der Waals surface area contributed by atoms with E-state index < -0.39 is 0 Å². The number of carbonyl (C=O) groups excluding carboxylic acids is 1.